The van der Waals surface area contributed by atoms with Gasteiger partial charge in [0.15, 0.2) is 11.6 Å². The number of nitrogens with zero attached hydrogens (tertiary/aromatic N) is 1. The van der Waals surface area contributed by atoms with Crippen molar-refractivity contribution in [1.29, 1.82) is 0 Å². The number of amides is 1. The molecule has 0 radical (unpaired) electrons. The summed E-state index contributed by atoms with van der Waals surface area (Å²) in [5, 5.41) is 3.02. The number of para-hydroxylation sites is 2. The van der Waals surface area contributed by atoms with Crippen LogP contribution in [-0.4, -0.2) is 29.6 Å². The highest BCUT2D eigenvalue weighted by molar-refractivity contribution is 6.16. The molecule has 0 aromatic heterocycles. The van der Waals surface area contributed by atoms with E-state index < -0.39 is 23.4 Å². The highest BCUT2D eigenvalue weighted by Crippen LogP contribution is 2.57. The van der Waals surface area contributed by atoms with Gasteiger partial charge in [-0.05, 0) is 30.2 Å². The van der Waals surface area contributed by atoms with Crippen LogP contribution in [0.1, 0.15) is 28.4 Å². The molecule has 3 aromatic carbocycles. The molecule has 5 heteroatoms. The Labute approximate surface area is 191 Å². The van der Waals surface area contributed by atoms with Crippen LogP contribution in [0.2, 0.25) is 0 Å². The first-order valence-corrected chi connectivity index (χ1v) is 11.1. The average Bonchev–Trinajstić information content (AvgIpc) is 3.32. The molecule has 4 atom stereocenters. The molecule has 0 saturated carbocycles. The first-order valence-electron chi connectivity index (χ1n) is 11.1. The normalized spacial score (nSPS) is 26.5. The van der Waals surface area contributed by atoms with Gasteiger partial charge in [0.1, 0.15) is 5.41 Å². The highest BCUT2D eigenvalue weighted by Gasteiger charge is 2.69. The van der Waals surface area contributed by atoms with Gasteiger partial charge in [0.2, 0.25) is 5.91 Å². The van der Waals surface area contributed by atoms with E-state index in [9.17, 15) is 14.4 Å². The monoisotopic (exact) mass is 434 g/mol. The first-order chi connectivity index (χ1) is 16.0. The molecule has 6 rings (SSSR count). The van der Waals surface area contributed by atoms with Crippen LogP contribution in [0.4, 0.5) is 11.4 Å². The molecule has 0 bridgehead atoms. The van der Waals surface area contributed by atoms with Crippen molar-refractivity contribution in [1.82, 2.24) is 0 Å². The van der Waals surface area contributed by atoms with Crippen LogP contribution in [0.5, 0.6) is 0 Å². The minimum Gasteiger partial charge on any atom is -0.352 e. The number of carbonyl (C=O) groups excluding carboxylic acids is 3. The fourth-order valence-electron chi connectivity index (χ4n) is 6.05. The predicted molar refractivity (Wildman–Crippen MR) is 127 cm³/mol. The lowest BCUT2D eigenvalue weighted by molar-refractivity contribution is -0.122. The van der Waals surface area contributed by atoms with Crippen molar-refractivity contribution in [3.63, 3.8) is 0 Å². The molecular formula is C28H22N2O3. The maximum Gasteiger partial charge on any atom is 0.238 e. The molecule has 3 aliphatic heterocycles. The quantitative estimate of drug-likeness (QED) is 0.626. The third kappa shape index (κ3) is 2.50. The molecule has 1 N–H and O–H groups in total. The van der Waals surface area contributed by atoms with Crippen molar-refractivity contribution in [2.45, 2.75) is 24.4 Å². The Balaban J connectivity index is 1.67. The summed E-state index contributed by atoms with van der Waals surface area (Å²) in [6.07, 6.45) is 3.98. The molecule has 162 valence electrons. The van der Waals surface area contributed by atoms with Gasteiger partial charge in [-0.3, -0.25) is 14.4 Å². The van der Waals surface area contributed by atoms with E-state index >= 15 is 0 Å². The molecule has 3 aliphatic rings. The maximum atomic E-state index is 14.2. The summed E-state index contributed by atoms with van der Waals surface area (Å²) in [7, 11) is 0. The van der Waals surface area contributed by atoms with Gasteiger partial charge in [-0.2, -0.15) is 0 Å². The second kappa shape index (κ2) is 7.01. The minimum atomic E-state index is -1.22. The number of fused-ring (bicyclic) bond motifs is 6. The average molecular weight is 434 g/mol. The summed E-state index contributed by atoms with van der Waals surface area (Å²) in [5.74, 6) is -1.43. The molecule has 1 spiro atoms. The zero-order valence-electron chi connectivity index (χ0n) is 18.1. The summed E-state index contributed by atoms with van der Waals surface area (Å²) < 4.78 is 0. The Hall–Kier alpha value is -3.99. The van der Waals surface area contributed by atoms with Crippen LogP contribution >= 0.6 is 0 Å². The van der Waals surface area contributed by atoms with Crippen LogP contribution in [0.15, 0.2) is 84.9 Å². The van der Waals surface area contributed by atoms with Crippen molar-refractivity contribution in [3.05, 3.63) is 102 Å². The fraction of sp³-hybridized carbons (Fsp3) is 0.179. The van der Waals surface area contributed by atoms with Crippen LogP contribution in [0, 0.1) is 5.92 Å². The van der Waals surface area contributed by atoms with E-state index in [1.807, 2.05) is 83.8 Å². The van der Waals surface area contributed by atoms with Crippen LogP contribution < -0.4 is 10.2 Å². The third-order valence-electron chi connectivity index (χ3n) is 7.30. The van der Waals surface area contributed by atoms with Crippen LogP contribution in [0.25, 0.3) is 6.08 Å². The number of carbonyl (C=O) groups is 3. The number of Topliss-reactive ketones (excluding diaryl/α,β-unsaturated/α-hetero) is 2. The molecule has 33 heavy (non-hydrogen) atoms. The number of benzene rings is 3. The van der Waals surface area contributed by atoms with E-state index in [0.717, 1.165) is 16.8 Å². The van der Waals surface area contributed by atoms with E-state index in [1.165, 1.54) is 6.92 Å². The van der Waals surface area contributed by atoms with Gasteiger partial charge >= 0.3 is 0 Å². The fourth-order valence-corrected chi connectivity index (χ4v) is 6.05. The van der Waals surface area contributed by atoms with E-state index in [4.69, 9.17) is 0 Å². The van der Waals surface area contributed by atoms with E-state index in [0.29, 0.717) is 11.3 Å². The van der Waals surface area contributed by atoms with Crippen molar-refractivity contribution < 1.29 is 14.4 Å². The van der Waals surface area contributed by atoms with Gasteiger partial charge in [-0.1, -0.05) is 78.9 Å². The first kappa shape index (κ1) is 19.7. The second-order valence-corrected chi connectivity index (χ2v) is 8.90. The molecule has 4 unspecified atom stereocenters. The molecular weight excluding hydrogens is 412 g/mol. The number of rotatable bonds is 3. The van der Waals surface area contributed by atoms with Gasteiger partial charge in [0, 0.05) is 16.9 Å². The zero-order valence-corrected chi connectivity index (χ0v) is 18.1. The number of ketones is 2. The summed E-state index contributed by atoms with van der Waals surface area (Å²) in [6.45, 7) is 1.52. The molecule has 1 saturated heterocycles. The number of anilines is 2. The number of nitrogens with one attached hydrogen (secondary N) is 1. The number of hydrogen-bond donors (Lipinski definition) is 1. The summed E-state index contributed by atoms with van der Waals surface area (Å²) in [4.78, 5) is 43.3. The Morgan fingerprint density at radius 1 is 0.909 bits per heavy atom. The molecule has 5 nitrogen and oxygen atoms in total. The second-order valence-electron chi connectivity index (χ2n) is 8.90. The van der Waals surface area contributed by atoms with Crippen molar-refractivity contribution in [2.24, 2.45) is 5.92 Å². The molecule has 1 fully saturated rings. The van der Waals surface area contributed by atoms with Gasteiger partial charge in [-0.15, -0.1) is 0 Å². The van der Waals surface area contributed by atoms with Gasteiger partial charge in [0.25, 0.3) is 0 Å². The van der Waals surface area contributed by atoms with Gasteiger partial charge in [0.05, 0.1) is 18.0 Å². The Kier molecular flexibility index (Phi) is 4.18. The predicted octanol–water partition coefficient (Wildman–Crippen LogP) is 4.25. The van der Waals surface area contributed by atoms with Gasteiger partial charge < -0.3 is 10.2 Å². The minimum absolute atomic E-state index is 0.131. The van der Waals surface area contributed by atoms with Crippen molar-refractivity contribution >= 4 is 34.9 Å². The SMILES string of the molecule is CC(=O)C1C(C(=O)c2ccccc2)C2(C(=O)Nc3ccccc32)C2C=Cc3ccccc3N12. The standard InChI is InChI=1S/C28H22N2O3/c1-17(31)25-24(26(32)19-10-3-2-4-11-19)28(20-12-6-7-13-21(20)29-27(28)33)23-16-15-18-9-5-8-14-22(18)30(23)25/h2-16,23-25H,1H3,(H,29,33). The molecule has 0 aliphatic carbocycles. The molecule has 1 amide bonds. The lowest BCUT2D eigenvalue weighted by atomic mass is 9.64. The third-order valence-corrected chi connectivity index (χ3v) is 7.30. The Morgan fingerprint density at radius 3 is 2.39 bits per heavy atom. The molecule has 3 heterocycles. The Morgan fingerprint density at radius 2 is 1.61 bits per heavy atom. The van der Waals surface area contributed by atoms with E-state index in [1.54, 1.807) is 12.1 Å². The van der Waals surface area contributed by atoms with Crippen LogP contribution in [0.3, 0.4) is 0 Å². The highest BCUT2D eigenvalue weighted by atomic mass is 16.2. The van der Waals surface area contributed by atoms with Crippen molar-refractivity contribution in [2.75, 3.05) is 10.2 Å². The Bertz CT molecular complexity index is 1350. The summed E-state index contributed by atoms with van der Waals surface area (Å²) in [5.41, 5.74) is 2.59. The smallest absolute Gasteiger partial charge is 0.238 e. The van der Waals surface area contributed by atoms with Gasteiger partial charge in [-0.25, -0.2) is 0 Å². The maximum absolute atomic E-state index is 14.2. The zero-order chi connectivity index (χ0) is 22.7. The van der Waals surface area contributed by atoms with Crippen LogP contribution in [-0.2, 0) is 15.0 Å². The lowest BCUT2D eigenvalue weighted by Crippen LogP contribution is -2.51. The summed E-state index contributed by atoms with van der Waals surface area (Å²) >= 11 is 0. The molecule has 3 aromatic rings. The summed E-state index contributed by atoms with van der Waals surface area (Å²) in [6, 6.07) is 23.1. The van der Waals surface area contributed by atoms with E-state index in [-0.39, 0.29) is 17.5 Å². The topological polar surface area (TPSA) is 66.5 Å². The lowest BCUT2D eigenvalue weighted by Gasteiger charge is -2.37. The van der Waals surface area contributed by atoms with Crippen molar-refractivity contribution in [3.8, 4) is 0 Å². The largest absolute Gasteiger partial charge is 0.352 e. The number of hydrogen-bond acceptors (Lipinski definition) is 4. The van der Waals surface area contributed by atoms with E-state index in [2.05, 4.69) is 5.32 Å².